The Hall–Kier alpha value is -1.91. The maximum Gasteiger partial charge on any atom is 0.240 e. The summed E-state index contributed by atoms with van der Waals surface area (Å²) in [5.74, 6) is 0.839. The molecule has 1 aromatic carbocycles. The molecule has 25 heavy (non-hydrogen) atoms. The van der Waals surface area contributed by atoms with Gasteiger partial charge in [-0.1, -0.05) is 29.8 Å². The fraction of sp³-hybridized carbons (Fsp3) is 0.400. The van der Waals surface area contributed by atoms with Gasteiger partial charge in [0.2, 0.25) is 5.91 Å². The number of carbonyl (C=O) groups excluding carboxylic acids is 1. The molecule has 2 fully saturated rings. The highest BCUT2D eigenvalue weighted by Crippen LogP contribution is 2.31. The lowest BCUT2D eigenvalue weighted by Crippen LogP contribution is -2.58. The number of fused-ring (bicyclic) bond motifs is 2. The van der Waals surface area contributed by atoms with Crippen molar-refractivity contribution in [3.8, 4) is 0 Å². The summed E-state index contributed by atoms with van der Waals surface area (Å²) in [6.07, 6.45) is 3.90. The minimum absolute atomic E-state index is 0.0183. The van der Waals surface area contributed by atoms with Crippen LogP contribution in [0, 0.1) is 5.92 Å². The Balaban J connectivity index is 1.49. The molecule has 1 amide bonds. The number of hydrogen-bond donors (Lipinski definition) is 0. The number of likely N-dealkylation sites (tertiary alicyclic amines) is 2. The number of carbonyl (C=O) groups is 1. The van der Waals surface area contributed by atoms with E-state index in [0.29, 0.717) is 12.5 Å². The summed E-state index contributed by atoms with van der Waals surface area (Å²) >= 11 is 6.11. The summed E-state index contributed by atoms with van der Waals surface area (Å²) in [6.45, 7) is 3.22. The lowest BCUT2D eigenvalue weighted by Gasteiger charge is -2.46. The summed E-state index contributed by atoms with van der Waals surface area (Å²) in [5.41, 5.74) is 2.12. The van der Waals surface area contributed by atoms with Crippen LogP contribution in [0.2, 0.25) is 5.02 Å². The Morgan fingerprint density at radius 1 is 1.16 bits per heavy atom. The zero-order valence-corrected chi connectivity index (χ0v) is 14.9. The fourth-order valence-corrected chi connectivity index (χ4v) is 4.22. The van der Waals surface area contributed by atoms with Crippen molar-refractivity contribution in [1.29, 1.82) is 0 Å². The quantitative estimate of drug-likeness (QED) is 0.843. The van der Waals surface area contributed by atoms with E-state index in [9.17, 15) is 4.79 Å². The molecule has 2 aromatic rings. The van der Waals surface area contributed by atoms with Crippen LogP contribution in [0.1, 0.15) is 24.1 Å². The number of benzene rings is 1. The molecule has 2 aliphatic rings. The van der Waals surface area contributed by atoms with Crippen LogP contribution in [0.25, 0.3) is 0 Å². The molecule has 0 radical (unpaired) electrons. The Labute approximate surface area is 153 Å². The van der Waals surface area contributed by atoms with Crippen LogP contribution in [0.5, 0.6) is 0 Å². The molecule has 0 aliphatic carbocycles. The summed E-state index contributed by atoms with van der Waals surface area (Å²) in [4.78, 5) is 21.7. The largest absolute Gasteiger partial charge is 0.335 e. The topological polar surface area (TPSA) is 36.4 Å². The first-order chi connectivity index (χ1) is 12.2. The van der Waals surface area contributed by atoms with Crippen molar-refractivity contribution in [1.82, 2.24) is 14.8 Å². The first kappa shape index (κ1) is 16.6. The van der Waals surface area contributed by atoms with Crippen molar-refractivity contribution in [3.63, 3.8) is 0 Å². The number of amides is 1. The third-order valence-electron chi connectivity index (χ3n) is 5.25. The van der Waals surface area contributed by atoms with Crippen LogP contribution in [0.3, 0.4) is 0 Å². The highest BCUT2D eigenvalue weighted by atomic mass is 35.5. The van der Waals surface area contributed by atoms with Crippen LogP contribution in [0.4, 0.5) is 0 Å². The number of rotatable bonds is 4. The van der Waals surface area contributed by atoms with E-state index in [1.54, 1.807) is 6.20 Å². The second-order valence-electron chi connectivity index (χ2n) is 7.05. The second kappa shape index (κ2) is 7.14. The number of piperidine rings is 2. The number of nitrogens with zero attached hydrogens (tertiary/aromatic N) is 3. The van der Waals surface area contributed by atoms with Crippen LogP contribution >= 0.6 is 11.6 Å². The molecule has 2 atom stereocenters. The van der Waals surface area contributed by atoms with Gasteiger partial charge >= 0.3 is 0 Å². The predicted molar refractivity (Wildman–Crippen MR) is 98.0 cm³/mol. The Bertz CT molecular complexity index is 752. The molecule has 2 bridgehead atoms. The molecular weight excluding hydrogens is 334 g/mol. The first-order valence-corrected chi connectivity index (χ1v) is 9.24. The number of hydrogen-bond acceptors (Lipinski definition) is 3. The molecule has 4 nitrogen and oxygen atoms in total. The fourth-order valence-electron chi connectivity index (χ4n) is 4.01. The molecule has 0 unspecified atom stereocenters. The Kier molecular flexibility index (Phi) is 4.73. The molecule has 130 valence electrons. The number of pyridine rings is 1. The van der Waals surface area contributed by atoms with Gasteiger partial charge < -0.3 is 4.90 Å². The van der Waals surface area contributed by atoms with E-state index in [1.165, 1.54) is 5.56 Å². The molecule has 2 saturated heterocycles. The average Bonchev–Trinajstić information content (AvgIpc) is 2.62. The summed E-state index contributed by atoms with van der Waals surface area (Å²) < 4.78 is 0. The van der Waals surface area contributed by atoms with Gasteiger partial charge in [-0.25, -0.2) is 0 Å². The summed E-state index contributed by atoms with van der Waals surface area (Å²) in [7, 11) is 0. The molecule has 0 spiro atoms. The van der Waals surface area contributed by atoms with Gasteiger partial charge in [-0.05, 0) is 55.1 Å². The van der Waals surface area contributed by atoms with Gasteiger partial charge in [-0.3, -0.25) is 14.7 Å². The van der Waals surface area contributed by atoms with Crippen molar-refractivity contribution in [2.45, 2.75) is 32.0 Å². The van der Waals surface area contributed by atoms with Gasteiger partial charge in [0, 0.05) is 24.3 Å². The third kappa shape index (κ3) is 3.70. The standard InChI is InChI=1S/C20H22ClN3O/c21-17-5-3-4-15(10-17)12-23-9-7-16-11-19(23)20(25)24(13-16)14-18-6-1-2-8-22-18/h1-6,8,10,16,19H,7,9,11-14H2/t16-,19+/m0/s1. The third-order valence-corrected chi connectivity index (χ3v) is 5.49. The van der Waals surface area contributed by atoms with E-state index in [2.05, 4.69) is 16.0 Å². The molecule has 4 rings (SSSR count). The zero-order valence-electron chi connectivity index (χ0n) is 14.1. The maximum absolute atomic E-state index is 13.0. The lowest BCUT2D eigenvalue weighted by atomic mass is 9.85. The van der Waals surface area contributed by atoms with Crippen molar-refractivity contribution in [2.24, 2.45) is 5.92 Å². The van der Waals surface area contributed by atoms with E-state index in [-0.39, 0.29) is 11.9 Å². The summed E-state index contributed by atoms with van der Waals surface area (Å²) in [5, 5.41) is 0.749. The van der Waals surface area contributed by atoms with Crippen LogP contribution in [-0.4, -0.2) is 39.8 Å². The molecular formula is C20H22ClN3O. The molecule has 0 saturated carbocycles. The maximum atomic E-state index is 13.0. The SMILES string of the molecule is O=C1[C@H]2C[C@H](CCN2Cc2cccc(Cl)c2)CN1Cc1ccccn1. The minimum atomic E-state index is -0.0183. The minimum Gasteiger partial charge on any atom is -0.335 e. The van der Waals surface area contributed by atoms with Crippen LogP contribution in [0.15, 0.2) is 48.7 Å². The van der Waals surface area contributed by atoms with Gasteiger partial charge in [0.05, 0.1) is 18.3 Å². The van der Waals surface area contributed by atoms with Crippen molar-refractivity contribution >= 4 is 17.5 Å². The molecule has 0 N–H and O–H groups in total. The van der Waals surface area contributed by atoms with E-state index in [0.717, 1.165) is 43.2 Å². The Morgan fingerprint density at radius 3 is 2.88 bits per heavy atom. The van der Waals surface area contributed by atoms with Gasteiger partial charge in [-0.2, -0.15) is 0 Å². The van der Waals surface area contributed by atoms with E-state index in [1.807, 2.05) is 41.3 Å². The average molecular weight is 356 g/mol. The van der Waals surface area contributed by atoms with Crippen molar-refractivity contribution < 1.29 is 4.79 Å². The van der Waals surface area contributed by atoms with Gasteiger partial charge in [0.15, 0.2) is 0 Å². The van der Waals surface area contributed by atoms with Gasteiger partial charge in [0.1, 0.15) is 0 Å². The zero-order chi connectivity index (χ0) is 17.2. The first-order valence-electron chi connectivity index (χ1n) is 8.86. The van der Waals surface area contributed by atoms with Crippen LogP contribution < -0.4 is 0 Å². The number of halogens is 1. The normalized spacial score (nSPS) is 23.7. The van der Waals surface area contributed by atoms with E-state index >= 15 is 0 Å². The monoisotopic (exact) mass is 355 g/mol. The van der Waals surface area contributed by atoms with Crippen molar-refractivity contribution in [3.05, 3.63) is 64.9 Å². The summed E-state index contributed by atoms with van der Waals surface area (Å²) in [6, 6.07) is 13.8. The van der Waals surface area contributed by atoms with Gasteiger partial charge in [0.25, 0.3) is 0 Å². The Morgan fingerprint density at radius 2 is 2.08 bits per heavy atom. The van der Waals surface area contributed by atoms with Crippen LogP contribution in [-0.2, 0) is 17.9 Å². The van der Waals surface area contributed by atoms with E-state index in [4.69, 9.17) is 11.6 Å². The van der Waals surface area contributed by atoms with Crippen molar-refractivity contribution in [2.75, 3.05) is 13.1 Å². The second-order valence-corrected chi connectivity index (χ2v) is 7.48. The molecule has 5 heteroatoms. The molecule has 2 aliphatic heterocycles. The predicted octanol–water partition coefficient (Wildman–Crippen LogP) is 3.36. The highest BCUT2D eigenvalue weighted by Gasteiger charge is 2.41. The smallest absolute Gasteiger partial charge is 0.240 e. The number of aromatic nitrogens is 1. The van der Waals surface area contributed by atoms with E-state index < -0.39 is 0 Å². The molecule has 1 aromatic heterocycles. The lowest BCUT2D eigenvalue weighted by molar-refractivity contribution is -0.146. The highest BCUT2D eigenvalue weighted by molar-refractivity contribution is 6.30. The molecule has 3 heterocycles. The van der Waals surface area contributed by atoms with Gasteiger partial charge in [-0.15, -0.1) is 0 Å².